The number of carbonyl (C=O) groups is 2. The van der Waals surface area contributed by atoms with Gasteiger partial charge in [-0.3, -0.25) is 4.79 Å². The molecule has 1 saturated carbocycles. The Bertz CT molecular complexity index is 1000. The first-order valence-corrected chi connectivity index (χ1v) is 13.0. The molecule has 0 radical (unpaired) electrons. The van der Waals surface area contributed by atoms with Crippen molar-refractivity contribution in [2.45, 2.75) is 64.1 Å². The van der Waals surface area contributed by atoms with Gasteiger partial charge in [-0.2, -0.15) is 0 Å². The molecule has 1 aliphatic heterocycles. The van der Waals surface area contributed by atoms with E-state index in [1.54, 1.807) is 7.11 Å². The van der Waals surface area contributed by atoms with E-state index in [1.165, 1.54) is 4.90 Å². The van der Waals surface area contributed by atoms with Gasteiger partial charge >= 0.3 is 6.09 Å². The zero-order valence-electron chi connectivity index (χ0n) is 21.2. The fourth-order valence-corrected chi connectivity index (χ4v) is 5.37. The summed E-state index contributed by atoms with van der Waals surface area (Å²) in [6.45, 7) is 6.40. The number of nitrogens with one attached hydrogen (secondary N) is 2. The summed E-state index contributed by atoms with van der Waals surface area (Å²) >= 11 is 0. The molecule has 2 aromatic rings. The molecule has 4 rings (SSSR count). The normalized spacial score (nSPS) is 21.4. The van der Waals surface area contributed by atoms with Crippen molar-refractivity contribution in [3.8, 4) is 0 Å². The third kappa shape index (κ3) is 6.16. The molecule has 1 aliphatic carbocycles. The van der Waals surface area contributed by atoms with Crippen molar-refractivity contribution in [2.75, 3.05) is 33.4 Å². The lowest BCUT2D eigenvalue weighted by Gasteiger charge is -2.40. The number of H-pyrrole nitrogens is 1. The molecule has 0 bridgehead atoms. The van der Waals surface area contributed by atoms with E-state index in [1.807, 2.05) is 18.3 Å². The predicted molar refractivity (Wildman–Crippen MR) is 136 cm³/mol. The quantitative estimate of drug-likeness (QED) is 0.415. The molecular formula is C27H40N4O4. The van der Waals surface area contributed by atoms with E-state index in [0.717, 1.165) is 48.7 Å². The maximum absolute atomic E-state index is 14.2. The zero-order valence-corrected chi connectivity index (χ0v) is 21.2. The van der Waals surface area contributed by atoms with Crippen LogP contribution in [0.15, 0.2) is 30.5 Å². The number of likely N-dealkylation sites (tertiary alicyclic amines) is 1. The van der Waals surface area contributed by atoms with Crippen LogP contribution in [0.25, 0.3) is 10.9 Å². The monoisotopic (exact) mass is 484 g/mol. The molecule has 1 aromatic heterocycles. The number of para-hydroxylation sites is 1. The van der Waals surface area contributed by atoms with E-state index in [2.05, 4.69) is 41.2 Å². The second kappa shape index (κ2) is 11.4. The number of carbonyl (C=O) groups excluding carboxylic acids is 1. The number of piperidine rings is 1. The van der Waals surface area contributed by atoms with Crippen molar-refractivity contribution in [2.24, 2.45) is 11.8 Å². The number of nitrogens with zero attached hydrogens (tertiary/aromatic N) is 2. The van der Waals surface area contributed by atoms with Crippen LogP contribution >= 0.6 is 0 Å². The number of ether oxygens (including phenoxy) is 1. The smallest absolute Gasteiger partial charge is 0.407 e. The van der Waals surface area contributed by atoms with Crippen molar-refractivity contribution in [1.82, 2.24) is 20.1 Å². The molecule has 192 valence electrons. The second-order valence-corrected chi connectivity index (χ2v) is 10.5. The minimum atomic E-state index is -0.954. The summed E-state index contributed by atoms with van der Waals surface area (Å²) in [5.74, 6) is 0.196. The lowest BCUT2D eigenvalue weighted by atomic mass is 9.90. The average molecular weight is 485 g/mol. The van der Waals surface area contributed by atoms with Crippen LogP contribution in [0.5, 0.6) is 0 Å². The van der Waals surface area contributed by atoms with Crippen molar-refractivity contribution in [1.29, 1.82) is 0 Å². The van der Waals surface area contributed by atoms with Gasteiger partial charge in [0.15, 0.2) is 0 Å². The van der Waals surface area contributed by atoms with Crippen LogP contribution < -0.4 is 5.32 Å². The highest BCUT2D eigenvalue weighted by Crippen LogP contribution is 2.41. The van der Waals surface area contributed by atoms with Gasteiger partial charge in [-0.25, -0.2) is 4.79 Å². The topological polar surface area (TPSA) is 97.9 Å². The summed E-state index contributed by atoms with van der Waals surface area (Å²) in [6, 6.07) is 8.35. The molecule has 3 N–H and O–H groups in total. The van der Waals surface area contributed by atoms with E-state index in [4.69, 9.17) is 4.74 Å². The Balaban J connectivity index is 1.62. The minimum absolute atomic E-state index is 0.0164. The van der Waals surface area contributed by atoms with E-state index < -0.39 is 6.09 Å². The van der Waals surface area contributed by atoms with Gasteiger partial charge in [-0.15, -0.1) is 0 Å². The Morgan fingerprint density at radius 2 is 2.03 bits per heavy atom. The van der Waals surface area contributed by atoms with Crippen LogP contribution in [0.1, 0.15) is 57.6 Å². The van der Waals surface area contributed by atoms with Crippen LogP contribution in [0.2, 0.25) is 0 Å². The molecule has 1 saturated heterocycles. The Morgan fingerprint density at radius 1 is 1.26 bits per heavy atom. The van der Waals surface area contributed by atoms with Crippen LogP contribution in [0.4, 0.5) is 4.79 Å². The first-order chi connectivity index (χ1) is 16.9. The van der Waals surface area contributed by atoms with Crippen molar-refractivity contribution in [3.63, 3.8) is 0 Å². The van der Waals surface area contributed by atoms with Gasteiger partial charge in [-0.1, -0.05) is 32.0 Å². The lowest BCUT2D eigenvalue weighted by Crippen LogP contribution is -2.55. The maximum atomic E-state index is 14.2. The van der Waals surface area contributed by atoms with Gasteiger partial charge in [0, 0.05) is 56.0 Å². The number of hydrogen-bond donors (Lipinski definition) is 3. The molecule has 35 heavy (non-hydrogen) atoms. The Morgan fingerprint density at radius 3 is 2.71 bits per heavy atom. The van der Waals surface area contributed by atoms with Crippen LogP contribution in [-0.2, 0) is 9.53 Å². The molecule has 0 spiro atoms. The highest BCUT2D eigenvalue weighted by Gasteiger charge is 2.43. The summed E-state index contributed by atoms with van der Waals surface area (Å²) in [6.07, 6.45) is 5.41. The molecule has 8 heteroatoms. The summed E-state index contributed by atoms with van der Waals surface area (Å²) in [4.78, 5) is 33.0. The summed E-state index contributed by atoms with van der Waals surface area (Å²) in [5.41, 5.74) is 2.20. The molecule has 2 amide bonds. The van der Waals surface area contributed by atoms with Crippen LogP contribution in [0, 0.1) is 11.8 Å². The number of rotatable bonds is 11. The van der Waals surface area contributed by atoms with E-state index in [9.17, 15) is 14.7 Å². The third-order valence-electron chi connectivity index (χ3n) is 7.22. The average Bonchev–Trinajstić information content (AvgIpc) is 3.59. The molecule has 2 fully saturated rings. The maximum Gasteiger partial charge on any atom is 0.407 e. The summed E-state index contributed by atoms with van der Waals surface area (Å²) in [5, 5.41) is 14.4. The van der Waals surface area contributed by atoms with E-state index in [0.29, 0.717) is 25.5 Å². The standard InChI is InChI=1S/C27H40N4O4/c1-18(2)14-28-20-13-19(16-30(17-20)27(33)34)26(32)31(21-10-11-21)25(9-6-12-35-3)23-15-29-24-8-5-4-7-22(23)24/h4-5,7-8,15,18-21,25,28-29H,6,9-14,16-17H2,1-3H3,(H,33,34)/t19-,20+,25?/m1/s1. The largest absolute Gasteiger partial charge is 0.465 e. The SMILES string of the molecule is COCCCC(c1c[nH]c2ccccc12)N(C(=O)[C@@H]1C[C@H](NCC(C)C)CN(C(=O)O)C1)C1CC1. The molecule has 8 nitrogen and oxygen atoms in total. The Hall–Kier alpha value is -2.58. The number of methoxy groups -OCH3 is 1. The lowest BCUT2D eigenvalue weighted by molar-refractivity contribution is -0.141. The van der Waals surface area contributed by atoms with Gasteiger partial charge in [0.1, 0.15) is 0 Å². The minimum Gasteiger partial charge on any atom is -0.465 e. The fourth-order valence-electron chi connectivity index (χ4n) is 5.37. The van der Waals surface area contributed by atoms with Gasteiger partial charge < -0.3 is 29.9 Å². The van der Waals surface area contributed by atoms with Gasteiger partial charge in [-0.05, 0) is 56.2 Å². The first kappa shape index (κ1) is 25.5. The molecule has 3 atom stereocenters. The second-order valence-electron chi connectivity index (χ2n) is 10.5. The number of amides is 2. The summed E-state index contributed by atoms with van der Waals surface area (Å²) in [7, 11) is 1.71. The Kier molecular flexibility index (Phi) is 8.34. The zero-order chi connectivity index (χ0) is 24.9. The van der Waals surface area contributed by atoms with E-state index >= 15 is 0 Å². The summed E-state index contributed by atoms with van der Waals surface area (Å²) < 4.78 is 5.34. The number of hydrogen-bond acceptors (Lipinski definition) is 4. The number of aromatic amines is 1. The number of carboxylic acid groups (broad SMARTS) is 1. The highest BCUT2D eigenvalue weighted by molar-refractivity contribution is 5.86. The van der Waals surface area contributed by atoms with Gasteiger partial charge in [0.05, 0.1) is 12.0 Å². The number of benzene rings is 1. The Labute approximate surface area is 208 Å². The highest BCUT2D eigenvalue weighted by atomic mass is 16.5. The molecule has 2 aliphatic rings. The molecular weight excluding hydrogens is 444 g/mol. The molecule has 1 unspecified atom stereocenters. The van der Waals surface area contributed by atoms with Crippen molar-refractivity contribution >= 4 is 22.9 Å². The third-order valence-corrected chi connectivity index (χ3v) is 7.22. The molecule has 2 heterocycles. The van der Waals surface area contributed by atoms with Crippen molar-refractivity contribution in [3.05, 3.63) is 36.0 Å². The number of aromatic nitrogens is 1. The van der Waals surface area contributed by atoms with Gasteiger partial charge in [0.2, 0.25) is 5.91 Å². The predicted octanol–water partition coefficient (Wildman–Crippen LogP) is 4.24. The molecule has 1 aromatic carbocycles. The van der Waals surface area contributed by atoms with E-state index in [-0.39, 0.29) is 36.5 Å². The van der Waals surface area contributed by atoms with Gasteiger partial charge in [0.25, 0.3) is 0 Å². The van der Waals surface area contributed by atoms with Crippen molar-refractivity contribution < 1.29 is 19.4 Å². The van der Waals surface area contributed by atoms with Crippen LogP contribution in [0.3, 0.4) is 0 Å². The van der Waals surface area contributed by atoms with Crippen LogP contribution in [-0.4, -0.2) is 77.3 Å². The number of fused-ring (bicyclic) bond motifs is 1. The first-order valence-electron chi connectivity index (χ1n) is 13.0. The fraction of sp³-hybridized carbons (Fsp3) is 0.630.